The monoisotopic (exact) mass is 152 g/mol. The summed E-state index contributed by atoms with van der Waals surface area (Å²) in [7, 11) is 3.82. The van der Waals surface area contributed by atoms with E-state index in [2.05, 4.69) is 4.98 Å². The molecule has 0 spiro atoms. The Morgan fingerprint density at radius 3 is 2.45 bits per heavy atom. The van der Waals surface area contributed by atoms with Crippen LogP contribution in [0.2, 0.25) is 0 Å². The highest BCUT2D eigenvalue weighted by Gasteiger charge is 1.96. The van der Waals surface area contributed by atoms with Crippen LogP contribution in [0.5, 0.6) is 0 Å². The Hall–Kier alpha value is -1.25. The van der Waals surface area contributed by atoms with E-state index in [0.29, 0.717) is 0 Å². The number of anilines is 1. The smallest absolute Gasteiger partial charge is 0.250 e. The van der Waals surface area contributed by atoms with Gasteiger partial charge in [-0.05, 0) is 13.0 Å². The summed E-state index contributed by atoms with van der Waals surface area (Å²) >= 11 is 0. The molecule has 0 unspecified atom stereocenters. The molecule has 0 fully saturated rings. The van der Waals surface area contributed by atoms with Crippen LogP contribution in [0.3, 0.4) is 0 Å². The van der Waals surface area contributed by atoms with Crippen molar-refractivity contribution in [2.75, 3.05) is 19.0 Å². The molecule has 1 aromatic heterocycles. The first-order valence-electron chi connectivity index (χ1n) is 3.48. The van der Waals surface area contributed by atoms with Gasteiger partial charge in [0, 0.05) is 31.5 Å². The Kier molecular flexibility index (Phi) is 1.98. The summed E-state index contributed by atoms with van der Waals surface area (Å²) in [6, 6.07) is 3.51. The molecule has 1 heterocycles. The summed E-state index contributed by atoms with van der Waals surface area (Å²) in [6.07, 6.45) is 0. The zero-order valence-electron chi connectivity index (χ0n) is 7.01. The number of hydrogen-bond donors (Lipinski definition) is 1. The van der Waals surface area contributed by atoms with E-state index in [1.54, 1.807) is 6.07 Å². The first kappa shape index (κ1) is 7.85. The molecule has 3 nitrogen and oxygen atoms in total. The van der Waals surface area contributed by atoms with Crippen LogP contribution in [0, 0.1) is 6.92 Å². The number of aryl methyl sites for hydroxylation is 1. The molecule has 11 heavy (non-hydrogen) atoms. The quantitative estimate of drug-likeness (QED) is 0.644. The normalized spacial score (nSPS) is 9.73. The van der Waals surface area contributed by atoms with E-state index in [1.807, 2.05) is 32.0 Å². The molecule has 0 aliphatic heterocycles. The van der Waals surface area contributed by atoms with Crippen molar-refractivity contribution in [2.45, 2.75) is 6.92 Å². The predicted molar refractivity (Wildman–Crippen MR) is 46.1 cm³/mol. The average molecular weight is 152 g/mol. The molecule has 0 saturated carbocycles. The lowest BCUT2D eigenvalue weighted by atomic mass is 10.3. The van der Waals surface area contributed by atoms with Gasteiger partial charge in [-0.1, -0.05) is 0 Å². The molecule has 0 amide bonds. The fraction of sp³-hybridized carbons (Fsp3) is 0.375. The number of H-pyrrole nitrogens is 1. The standard InChI is InChI=1S/C8H12N2O/c1-6-4-7(10(2)3)5-8(11)9-6/h4-5H,1-3H3,(H,9,11). The number of rotatable bonds is 1. The Labute approximate surface area is 65.7 Å². The number of hydrogen-bond acceptors (Lipinski definition) is 2. The SMILES string of the molecule is Cc1cc(N(C)C)cc(=O)[nH]1. The molecule has 1 N–H and O–H groups in total. The summed E-state index contributed by atoms with van der Waals surface area (Å²) in [4.78, 5) is 15.5. The molecular weight excluding hydrogens is 140 g/mol. The summed E-state index contributed by atoms with van der Waals surface area (Å²) in [5.74, 6) is 0. The largest absolute Gasteiger partial charge is 0.377 e. The van der Waals surface area contributed by atoms with Gasteiger partial charge in [0.05, 0.1) is 0 Å². The predicted octanol–water partition coefficient (Wildman–Crippen LogP) is 0.749. The van der Waals surface area contributed by atoms with E-state index < -0.39 is 0 Å². The van der Waals surface area contributed by atoms with Crippen LogP contribution in [-0.4, -0.2) is 19.1 Å². The first-order chi connectivity index (χ1) is 5.09. The van der Waals surface area contributed by atoms with Gasteiger partial charge in [-0.2, -0.15) is 0 Å². The van der Waals surface area contributed by atoms with Crippen LogP contribution in [0.1, 0.15) is 5.69 Å². The van der Waals surface area contributed by atoms with E-state index in [9.17, 15) is 4.79 Å². The minimum Gasteiger partial charge on any atom is -0.377 e. The molecule has 0 aromatic carbocycles. The van der Waals surface area contributed by atoms with Gasteiger partial charge in [-0.15, -0.1) is 0 Å². The Morgan fingerprint density at radius 1 is 1.36 bits per heavy atom. The van der Waals surface area contributed by atoms with E-state index in [0.717, 1.165) is 11.4 Å². The maximum absolute atomic E-state index is 10.9. The van der Waals surface area contributed by atoms with Crippen molar-refractivity contribution in [1.29, 1.82) is 0 Å². The van der Waals surface area contributed by atoms with Crippen molar-refractivity contribution < 1.29 is 0 Å². The highest BCUT2D eigenvalue weighted by atomic mass is 16.1. The third-order valence-corrected chi connectivity index (χ3v) is 1.48. The second-order valence-electron chi connectivity index (χ2n) is 2.78. The Morgan fingerprint density at radius 2 is 2.00 bits per heavy atom. The minimum atomic E-state index is -0.0475. The van der Waals surface area contributed by atoms with Crippen molar-refractivity contribution in [3.63, 3.8) is 0 Å². The minimum absolute atomic E-state index is 0.0475. The Balaban J connectivity index is 3.19. The summed E-state index contributed by atoms with van der Waals surface area (Å²) < 4.78 is 0. The summed E-state index contributed by atoms with van der Waals surface area (Å²) in [6.45, 7) is 1.87. The van der Waals surface area contributed by atoms with Gasteiger partial charge >= 0.3 is 0 Å². The molecule has 3 heteroatoms. The zero-order valence-corrected chi connectivity index (χ0v) is 7.01. The fourth-order valence-corrected chi connectivity index (χ4v) is 0.923. The van der Waals surface area contributed by atoms with Crippen LogP contribution in [0.4, 0.5) is 5.69 Å². The van der Waals surface area contributed by atoms with Crippen molar-refractivity contribution in [2.24, 2.45) is 0 Å². The van der Waals surface area contributed by atoms with Crippen LogP contribution in [-0.2, 0) is 0 Å². The van der Waals surface area contributed by atoms with Crippen LogP contribution in [0.25, 0.3) is 0 Å². The molecule has 0 radical (unpaired) electrons. The highest BCUT2D eigenvalue weighted by Crippen LogP contribution is 2.06. The second-order valence-corrected chi connectivity index (χ2v) is 2.78. The van der Waals surface area contributed by atoms with E-state index >= 15 is 0 Å². The van der Waals surface area contributed by atoms with Gasteiger partial charge in [-0.25, -0.2) is 0 Å². The lowest BCUT2D eigenvalue weighted by Gasteiger charge is -2.11. The van der Waals surface area contributed by atoms with Gasteiger partial charge in [0.15, 0.2) is 0 Å². The number of nitrogens with one attached hydrogen (secondary N) is 1. The molecule has 1 aromatic rings. The van der Waals surface area contributed by atoms with Crippen LogP contribution in [0.15, 0.2) is 16.9 Å². The fourth-order valence-electron chi connectivity index (χ4n) is 0.923. The molecule has 60 valence electrons. The number of aromatic amines is 1. The molecule has 0 saturated heterocycles. The van der Waals surface area contributed by atoms with Crippen molar-refractivity contribution in [3.8, 4) is 0 Å². The maximum atomic E-state index is 10.9. The highest BCUT2D eigenvalue weighted by molar-refractivity contribution is 5.44. The van der Waals surface area contributed by atoms with Gasteiger partial charge in [0.2, 0.25) is 5.56 Å². The van der Waals surface area contributed by atoms with Crippen LogP contribution < -0.4 is 10.5 Å². The first-order valence-corrected chi connectivity index (χ1v) is 3.48. The van der Waals surface area contributed by atoms with Crippen molar-refractivity contribution >= 4 is 5.69 Å². The lowest BCUT2D eigenvalue weighted by molar-refractivity contribution is 1.08. The maximum Gasteiger partial charge on any atom is 0.250 e. The van der Waals surface area contributed by atoms with Crippen LogP contribution >= 0.6 is 0 Å². The van der Waals surface area contributed by atoms with Gasteiger partial charge in [0.1, 0.15) is 0 Å². The summed E-state index contributed by atoms with van der Waals surface area (Å²) in [5.41, 5.74) is 1.78. The second kappa shape index (κ2) is 2.78. The van der Waals surface area contributed by atoms with E-state index in [-0.39, 0.29) is 5.56 Å². The van der Waals surface area contributed by atoms with Gasteiger partial charge in [0.25, 0.3) is 0 Å². The Bertz CT molecular complexity index is 301. The molecule has 0 aliphatic carbocycles. The van der Waals surface area contributed by atoms with Gasteiger partial charge in [-0.3, -0.25) is 4.79 Å². The van der Waals surface area contributed by atoms with E-state index in [4.69, 9.17) is 0 Å². The number of nitrogens with zero attached hydrogens (tertiary/aromatic N) is 1. The molecule has 0 atom stereocenters. The molecule has 0 bridgehead atoms. The number of pyridine rings is 1. The lowest BCUT2D eigenvalue weighted by Crippen LogP contribution is -2.14. The van der Waals surface area contributed by atoms with Crippen molar-refractivity contribution in [3.05, 3.63) is 28.2 Å². The van der Waals surface area contributed by atoms with E-state index in [1.165, 1.54) is 0 Å². The third-order valence-electron chi connectivity index (χ3n) is 1.48. The molecule has 1 rings (SSSR count). The molecular formula is C8H12N2O. The average Bonchev–Trinajstić information content (AvgIpc) is 1.85. The van der Waals surface area contributed by atoms with Gasteiger partial charge < -0.3 is 9.88 Å². The number of aromatic nitrogens is 1. The molecule has 0 aliphatic rings. The summed E-state index contributed by atoms with van der Waals surface area (Å²) in [5, 5.41) is 0. The topological polar surface area (TPSA) is 36.1 Å². The third kappa shape index (κ3) is 1.83. The van der Waals surface area contributed by atoms with Crippen molar-refractivity contribution in [1.82, 2.24) is 4.98 Å². The zero-order chi connectivity index (χ0) is 8.43.